The highest BCUT2D eigenvalue weighted by atomic mass is 16.5. The van der Waals surface area contributed by atoms with Gasteiger partial charge in [0.15, 0.2) is 0 Å². The third-order valence-electron chi connectivity index (χ3n) is 2.96. The Labute approximate surface area is 111 Å². The first-order valence-corrected chi connectivity index (χ1v) is 6.18. The molecule has 0 bridgehead atoms. The summed E-state index contributed by atoms with van der Waals surface area (Å²) in [6, 6.07) is 7.08. The molecule has 0 saturated carbocycles. The van der Waals surface area contributed by atoms with Gasteiger partial charge in [-0.05, 0) is 11.6 Å². The molecule has 1 aromatic carbocycles. The van der Waals surface area contributed by atoms with E-state index in [9.17, 15) is 9.59 Å². The Bertz CT molecular complexity index is 476. The molecule has 1 aliphatic rings. The van der Waals surface area contributed by atoms with Crippen LogP contribution in [0.3, 0.4) is 0 Å². The maximum atomic E-state index is 11.6. The number of hydrogen-bond donors (Lipinski definition) is 2. The second-order valence-electron chi connectivity index (χ2n) is 4.32. The SMILES string of the molecule is Nc1ccccc1CC(=O)OCCN1CCNC1=O. The minimum Gasteiger partial charge on any atom is -0.464 e. The van der Waals surface area contributed by atoms with Crippen molar-refractivity contribution in [2.45, 2.75) is 6.42 Å². The van der Waals surface area contributed by atoms with Gasteiger partial charge in [-0.2, -0.15) is 0 Å². The topological polar surface area (TPSA) is 84.7 Å². The second-order valence-corrected chi connectivity index (χ2v) is 4.32. The monoisotopic (exact) mass is 263 g/mol. The van der Waals surface area contributed by atoms with Crippen molar-refractivity contribution < 1.29 is 14.3 Å². The third kappa shape index (κ3) is 3.61. The molecule has 0 aromatic heterocycles. The molecule has 1 heterocycles. The first-order valence-electron chi connectivity index (χ1n) is 6.18. The largest absolute Gasteiger partial charge is 0.464 e. The van der Waals surface area contributed by atoms with Gasteiger partial charge in [-0.1, -0.05) is 18.2 Å². The van der Waals surface area contributed by atoms with Crippen molar-refractivity contribution in [1.82, 2.24) is 10.2 Å². The molecule has 0 radical (unpaired) electrons. The van der Waals surface area contributed by atoms with Gasteiger partial charge in [0, 0.05) is 18.8 Å². The predicted molar refractivity (Wildman–Crippen MR) is 70.5 cm³/mol. The van der Waals surface area contributed by atoms with Gasteiger partial charge >= 0.3 is 12.0 Å². The first-order chi connectivity index (χ1) is 9.16. The van der Waals surface area contributed by atoms with E-state index in [1.54, 1.807) is 17.0 Å². The molecule has 0 unspecified atom stereocenters. The Morgan fingerprint density at radius 3 is 2.89 bits per heavy atom. The Hall–Kier alpha value is -2.24. The van der Waals surface area contributed by atoms with E-state index >= 15 is 0 Å². The van der Waals surface area contributed by atoms with E-state index in [0.29, 0.717) is 25.3 Å². The van der Waals surface area contributed by atoms with Crippen LogP contribution in [-0.2, 0) is 16.0 Å². The molecule has 19 heavy (non-hydrogen) atoms. The molecule has 1 aliphatic heterocycles. The number of amides is 2. The van der Waals surface area contributed by atoms with Crippen molar-refractivity contribution in [3.63, 3.8) is 0 Å². The lowest BCUT2D eigenvalue weighted by Crippen LogP contribution is -2.31. The number of anilines is 1. The van der Waals surface area contributed by atoms with E-state index in [1.807, 2.05) is 12.1 Å². The Balaban J connectivity index is 1.73. The van der Waals surface area contributed by atoms with E-state index in [2.05, 4.69) is 5.32 Å². The molecule has 6 heteroatoms. The molecular weight excluding hydrogens is 246 g/mol. The number of nitrogen functional groups attached to an aromatic ring is 1. The molecule has 0 aliphatic carbocycles. The number of ether oxygens (including phenoxy) is 1. The van der Waals surface area contributed by atoms with Crippen LogP contribution in [0.5, 0.6) is 0 Å². The summed E-state index contributed by atoms with van der Waals surface area (Å²) in [6.07, 6.45) is 0.152. The molecule has 6 nitrogen and oxygen atoms in total. The highest BCUT2D eigenvalue weighted by Gasteiger charge is 2.19. The lowest BCUT2D eigenvalue weighted by Gasteiger charge is -2.14. The number of carbonyl (C=O) groups is 2. The first kappa shape index (κ1) is 13.2. The fraction of sp³-hybridized carbons (Fsp3) is 0.385. The number of hydrogen-bond acceptors (Lipinski definition) is 4. The van der Waals surface area contributed by atoms with Crippen molar-refractivity contribution >= 4 is 17.7 Å². The Kier molecular flexibility index (Phi) is 4.22. The summed E-state index contributed by atoms with van der Waals surface area (Å²) in [7, 11) is 0. The fourth-order valence-corrected chi connectivity index (χ4v) is 1.90. The number of urea groups is 1. The summed E-state index contributed by atoms with van der Waals surface area (Å²) < 4.78 is 5.10. The smallest absolute Gasteiger partial charge is 0.317 e. The van der Waals surface area contributed by atoms with E-state index in [-0.39, 0.29) is 25.0 Å². The molecule has 1 saturated heterocycles. The van der Waals surface area contributed by atoms with Gasteiger partial charge in [-0.25, -0.2) is 4.79 Å². The van der Waals surface area contributed by atoms with Crippen molar-refractivity contribution in [3.05, 3.63) is 29.8 Å². The van der Waals surface area contributed by atoms with Crippen molar-refractivity contribution in [3.8, 4) is 0 Å². The molecule has 2 rings (SSSR count). The number of nitrogens with two attached hydrogens (primary N) is 1. The third-order valence-corrected chi connectivity index (χ3v) is 2.96. The maximum absolute atomic E-state index is 11.6. The molecule has 102 valence electrons. The van der Waals surface area contributed by atoms with Gasteiger partial charge in [0.25, 0.3) is 0 Å². The summed E-state index contributed by atoms with van der Waals surface area (Å²) >= 11 is 0. The quantitative estimate of drug-likeness (QED) is 0.594. The van der Waals surface area contributed by atoms with Gasteiger partial charge in [0.1, 0.15) is 6.61 Å². The second kappa shape index (κ2) is 6.08. The fourth-order valence-electron chi connectivity index (χ4n) is 1.90. The van der Waals surface area contributed by atoms with E-state index in [0.717, 1.165) is 5.56 Å². The van der Waals surface area contributed by atoms with Crippen LogP contribution < -0.4 is 11.1 Å². The number of esters is 1. The molecule has 2 amide bonds. The zero-order valence-corrected chi connectivity index (χ0v) is 10.6. The van der Waals surface area contributed by atoms with Gasteiger partial charge in [0.05, 0.1) is 13.0 Å². The van der Waals surface area contributed by atoms with Crippen LogP contribution in [0.1, 0.15) is 5.56 Å². The zero-order chi connectivity index (χ0) is 13.7. The average Bonchev–Trinajstić information content (AvgIpc) is 2.78. The number of benzene rings is 1. The van der Waals surface area contributed by atoms with E-state index in [1.165, 1.54) is 0 Å². The van der Waals surface area contributed by atoms with Crippen LogP contribution >= 0.6 is 0 Å². The predicted octanol–water partition coefficient (Wildman–Crippen LogP) is 0.380. The molecule has 0 atom stereocenters. The zero-order valence-electron chi connectivity index (χ0n) is 10.6. The van der Waals surface area contributed by atoms with Crippen LogP contribution in [0.2, 0.25) is 0 Å². The number of carbonyl (C=O) groups excluding carboxylic acids is 2. The summed E-state index contributed by atoms with van der Waals surface area (Å²) in [4.78, 5) is 24.5. The number of nitrogens with zero attached hydrogens (tertiary/aromatic N) is 1. The summed E-state index contributed by atoms with van der Waals surface area (Å²) in [5, 5.41) is 2.69. The van der Waals surface area contributed by atoms with Crippen molar-refractivity contribution in [2.75, 3.05) is 32.0 Å². The lowest BCUT2D eigenvalue weighted by atomic mass is 10.1. The lowest BCUT2D eigenvalue weighted by molar-refractivity contribution is -0.143. The average molecular weight is 263 g/mol. The molecule has 3 N–H and O–H groups in total. The van der Waals surface area contributed by atoms with Crippen LogP contribution in [0.15, 0.2) is 24.3 Å². The minimum atomic E-state index is -0.336. The normalized spacial score (nSPS) is 14.3. The highest BCUT2D eigenvalue weighted by Crippen LogP contribution is 2.11. The summed E-state index contributed by atoms with van der Waals surface area (Å²) in [5.41, 5.74) is 7.08. The number of para-hydroxylation sites is 1. The van der Waals surface area contributed by atoms with Gasteiger partial charge in [-0.3, -0.25) is 4.79 Å². The molecule has 1 aromatic rings. The number of rotatable bonds is 5. The van der Waals surface area contributed by atoms with Crippen LogP contribution in [-0.4, -0.2) is 43.1 Å². The van der Waals surface area contributed by atoms with E-state index in [4.69, 9.17) is 10.5 Å². The van der Waals surface area contributed by atoms with Gasteiger partial charge in [-0.15, -0.1) is 0 Å². The molecule has 1 fully saturated rings. The van der Waals surface area contributed by atoms with Gasteiger partial charge in [0.2, 0.25) is 0 Å². The number of nitrogens with one attached hydrogen (secondary N) is 1. The summed E-state index contributed by atoms with van der Waals surface area (Å²) in [5.74, 6) is -0.336. The Morgan fingerprint density at radius 1 is 1.42 bits per heavy atom. The van der Waals surface area contributed by atoms with Crippen LogP contribution in [0.25, 0.3) is 0 Å². The summed E-state index contributed by atoms with van der Waals surface area (Å²) in [6.45, 7) is 1.93. The maximum Gasteiger partial charge on any atom is 0.317 e. The van der Waals surface area contributed by atoms with Crippen LogP contribution in [0, 0.1) is 0 Å². The van der Waals surface area contributed by atoms with Crippen molar-refractivity contribution in [2.24, 2.45) is 0 Å². The standard InChI is InChI=1S/C13H17N3O3/c14-11-4-2-1-3-10(11)9-12(17)19-8-7-16-6-5-15-13(16)18/h1-4H,5-9,14H2,(H,15,18). The molecular formula is C13H17N3O3. The Morgan fingerprint density at radius 2 is 2.21 bits per heavy atom. The van der Waals surface area contributed by atoms with Gasteiger partial charge < -0.3 is 20.7 Å². The van der Waals surface area contributed by atoms with Crippen molar-refractivity contribution in [1.29, 1.82) is 0 Å². The van der Waals surface area contributed by atoms with E-state index < -0.39 is 0 Å². The highest BCUT2D eigenvalue weighted by molar-refractivity contribution is 5.76. The molecule has 0 spiro atoms. The minimum absolute atomic E-state index is 0.108. The van der Waals surface area contributed by atoms with Crippen LogP contribution in [0.4, 0.5) is 10.5 Å².